The summed E-state index contributed by atoms with van der Waals surface area (Å²) >= 11 is 0. The summed E-state index contributed by atoms with van der Waals surface area (Å²) in [5.41, 5.74) is 8.82. The van der Waals surface area contributed by atoms with Gasteiger partial charge in [0.1, 0.15) is 11.5 Å². The van der Waals surface area contributed by atoms with Gasteiger partial charge in [-0.15, -0.1) is 0 Å². The number of benzene rings is 2. The Labute approximate surface area is 197 Å². The van der Waals surface area contributed by atoms with Crippen molar-refractivity contribution in [3.8, 4) is 11.3 Å². The van der Waals surface area contributed by atoms with Gasteiger partial charge in [0.2, 0.25) is 0 Å². The molecule has 1 N–H and O–H groups in total. The molecule has 170 valence electrons. The van der Waals surface area contributed by atoms with E-state index in [4.69, 9.17) is 9.41 Å². The minimum Gasteiger partial charge on any atom is -0.456 e. The van der Waals surface area contributed by atoms with Gasteiger partial charge in [0.05, 0.1) is 5.36 Å². The lowest BCUT2D eigenvalue weighted by Gasteiger charge is -2.22. The molecule has 5 rings (SSSR count). The van der Waals surface area contributed by atoms with E-state index in [1.54, 1.807) is 0 Å². The Morgan fingerprint density at radius 1 is 1.09 bits per heavy atom. The second-order valence-electron chi connectivity index (χ2n) is 10.1. The highest BCUT2D eigenvalue weighted by atomic mass is 16.3. The predicted octanol–water partition coefficient (Wildman–Crippen LogP) is 7.26. The van der Waals surface area contributed by atoms with Crippen LogP contribution < -0.4 is 10.7 Å². The zero-order chi connectivity index (χ0) is 23.2. The molecule has 3 nitrogen and oxygen atoms in total. The topological polar surface area (TPSA) is 37.5 Å². The zero-order valence-corrected chi connectivity index (χ0v) is 20.5. The van der Waals surface area contributed by atoms with Gasteiger partial charge in [-0.05, 0) is 86.1 Å². The summed E-state index contributed by atoms with van der Waals surface area (Å²) in [5, 5.41) is 4.69. The quantitative estimate of drug-likeness (QED) is 0.467. The third-order valence-corrected chi connectivity index (χ3v) is 7.00. The summed E-state index contributed by atoms with van der Waals surface area (Å²) in [6.45, 7) is 11.0. The Kier molecular flexibility index (Phi) is 5.52. The molecule has 0 bridgehead atoms. The van der Waals surface area contributed by atoms with Crippen molar-refractivity contribution in [1.29, 1.82) is 0 Å². The lowest BCUT2D eigenvalue weighted by atomic mass is 9.83. The van der Waals surface area contributed by atoms with E-state index in [0.29, 0.717) is 0 Å². The SMILES string of the molecule is CCc1cc2cc3c(oc-2cc1=NC(C)C)/C(=C/C=C1\Nc2ccccc2C1(C)C)CCC3. The van der Waals surface area contributed by atoms with Crippen LogP contribution in [0, 0.1) is 0 Å². The van der Waals surface area contributed by atoms with Gasteiger partial charge >= 0.3 is 0 Å². The standard InChI is InChI=1S/C30H34N2O/c1-6-20-16-23-17-22-11-9-10-21(29(22)33-27(23)18-26(20)31-19(2)3)14-15-28-30(4,5)24-12-7-8-13-25(24)32-28/h7-8,12-19,32H,6,9-11H2,1-5H3/b21-14+,28-15-,31-26?. The first kappa shape index (κ1) is 21.8. The Balaban J connectivity index is 1.58. The molecule has 0 spiro atoms. The van der Waals surface area contributed by atoms with E-state index in [2.05, 4.69) is 94.6 Å². The first-order valence-corrected chi connectivity index (χ1v) is 12.3. The number of para-hydroxylation sites is 1. The number of allylic oxidation sites excluding steroid dienone is 4. The van der Waals surface area contributed by atoms with Crippen LogP contribution in [0.1, 0.15) is 69.9 Å². The van der Waals surface area contributed by atoms with Crippen molar-refractivity contribution in [3.63, 3.8) is 0 Å². The molecule has 0 atom stereocenters. The van der Waals surface area contributed by atoms with Crippen LogP contribution in [-0.4, -0.2) is 6.04 Å². The van der Waals surface area contributed by atoms with E-state index >= 15 is 0 Å². The van der Waals surface area contributed by atoms with Gasteiger partial charge in [0, 0.05) is 34.5 Å². The number of hydrogen-bond acceptors (Lipinski definition) is 3. The molecular weight excluding hydrogens is 404 g/mol. The van der Waals surface area contributed by atoms with E-state index in [1.165, 1.54) is 39.2 Å². The number of fused-ring (bicyclic) bond motifs is 3. The molecule has 2 heterocycles. The van der Waals surface area contributed by atoms with E-state index in [1.807, 2.05) is 0 Å². The van der Waals surface area contributed by atoms with Crippen LogP contribution in [0.2, 0.25) is 0 Å². The number of rotatable bonds is 3. The molecule has 0 saturated carbocycles. The zero-order valence-electron chi connectivity index (χ0n) is 20.5. The van der Waals surface area contributed by atoms with Crippen LogP contribution in [0.4, 0.5) is 5.69 Å². The number of nitrogens with zero attached hydrogens (tertiary/aromatic N) is 1. The summed E-state index contributed by atoms with van der Waals surface area (Å²) in [5.74, 6) is 1.97. The molecular formula is C30H34N2O. The minimum absolute atomic E-state index is 0.0323. The van der Waals surface area contributed by atoms with Gasteiger partial charge in [0.25, 0.3) is 0 Å². The van der Waals surface area contributed by atoms with E-state index in [9.17, 15) is 0 Å². The Morgan fingerprint density at radius 2 is 1.91 bits per heavy atom. The van der Waals surface area contributed by atoms with Gasteiger partial charge in [-0.2, -0.15) is 0 Å². The molecule has 1 aromatic rings. The maximum atomic E-state index is 6.57. The number of anilines is 1. The third kappa shape index (κ3) is 3.94. The van der Waals surface area contributed by atoms with Crippen LogP contribution in [-0.2, 0) is 18.3 Å². The molecule has 1 aromatic carbocycles. The molecule has 0 radical (unpaired) electrons. The summed E-state index contributed by atoms with van der Waals surface area (Å²) in [4.78, 5) is 4.84. The van der Waals surface area contributed by atoms with Crippen molar-refractivity contribution >= 4 is 11.3 Å². The van der Waals surface area contributed by atoms with E-state index in [-0.39, 0.29) is 11.5 Å². The van der Waals surface area contributed by atoms with Crippen molar-refractivity contribution in [2.75, 3.05) is 5.32 Å². The number of hydrogen-bond donors (Lipinski definition) is 1. The molecule has 33 heavy (non-hydrogen) atoms. The second-order valence-corrected chi connectivity index (χ2v) is 10.1. The Morgan fingerprint density at radius 3 is 2.67 bits per heavy atom. The summed E-state index contributed by atoms with van der Waals surface area (Å²) in [6.07, 6.45) is 8.75. The van der Waals surface area contributed by atoms with Crippen LogP contribution in [0.5, 0.6) is 0 Å². The number of aryl methyl sites for hydroxylation is 2. The average molecular weight is 439 g/mol. The molecule has 0 aromatic heterocycles. The summed E-state index contributed by atoms with van der Waals surface area (Å²) < 4.78 is 6.57. The molecule has 2 aliphatic carbocycles. The molecule has 0 unspecified atom stereocenters. The average Bonchev–Trinajstić information content (AvgIpc) is 3.05. The van der Waals surface area contributed by atoms with Crippen LogP contribution in [0.15, 0.2) is 69.7 Å². The van der Waals surface area contributed by atoms with Gasteiger partial charge in [-0.1, -0.05) is 45.0 Å². The van der Waals surface area contributed by atoms with Crippen LogP contribution >= 0.6 is 0 Å². The molecule has 3 heteroatoms. The van der Waals surface area contributed by atoms with Crippen molar-refractivity contribution < 1.29 is 4.42 Å². The molecule has 0 amide bonds. The highest BCUT2D eigenvalue weighted by Gasteiger charge is 2.34. The Bertz CT molecular complexity index is 1300. The van der Waals surface area contributed by atoms with E-state index < -0.39 is 0 Å². The molecule has 4 aliphatic rings. The van der Waals surface area contributed by atoms with Gasteiger partial charge in [-0.3, -0.25) is 4.99 Å². The molecule has 2 aliphatic heterocycles. The predicted molar refractivity (Wildman–Crippen MR) is 137 cm³/mol. The number of nitrogens with one attached hydrogen (secondary N) is 1. The fourth-order valence-corrected chi connectivity index (χ4v) is 5.16. The normalized spacial score (nSPS) is 19.9. The minimum atomic E-state index is -0.0323. The van der Waals surface area contributed by atoms with Crippen LogP contribution in [0.25, 0.3) is 16.9 Å². The van der Waals surface area contributed by atoms with Crippen LogP contribution in [0.3, 0.4) is 0 Å². The summed E-state index contributed by atoms with van der Waals surface area (Å²) in [7, 11) is 0. The lowest BCUT2D eigenvalue weighted by molar-refractivity contribution is 0.526. The van der Waals surface area contributed by atoms with Crippen molar-refractivity contribution in [2.45, 2.75) is 71.8 Å². The first-order chi connectivity index (χ1) is 15.9. The van der Waals surface area contributed by atoms with Gasteiger partial charge in [-0.25, -0.2) is 0 Å². The van der Waals surface area contributed by atoms with Crippen molar-refractivity contribution in [2.24, 2.45) is 4.99 Å². The third-order valence-electron chi connectivity index (χ3n) is 7.00. The van der Waals surface area contributed by atoms with E-state index in [0.717, 1.165) is 42.6 Å². The Hall–Kier alpha value is -3.07. The largest absolute Gasteiger partial charge is 0.456 e. The highest BCUT2D eigenvalue weighted by Crippen LogP contribution is 2.43. The maximum Gasteiger partial charge on any atom is 0.136 e. The second kappa shape index (κ2) is 8.37. The molecule has 0 saturated heterocycles. The smallest absolute Gasteiger partial charge is 0.136 e. The van der Waals surface area contributed by atoms with Crippen molar-refractivity contribution in [3.05, 3.63) is 88.1 Å². The fourth-order valence-electron chi connectivity index (χ4n) is 5.16. The monoisotopic (exact) mass is 438 g/mol. The maximum absolute atomic E-state index is 6.57. The first-order valence-electron chi connectivity index (χ1n) is 12.3. The summed E-state index contributed by atoms with van der Waals surface area (Å²) in [6, 6.07) is 15.6. The van der Waals surface area contributed by atoms with Gasteiger partial charge in [0.15, 0.2) is 0 Å². The van der Waals surface area contributed by atoms with Crippen molar-refractivity contribution in [1.82, 2.24) is 0 Å². The fraction of sp³-hybridized carbons (Fsp3) is 0.367. The highest BCUT2D eigenvalue weighted by molar-refractivity contribution is 5.73. The lowest BCUT2D eigenvalue weighted by Crippen LogP contribution is -2.17. The molecule has 0 fully saturated rings. The van der Waals surface area contributed by atoms with Gasteiger partial charge < -0.3 is 9.73 Å².